The van der Waals surface area contributed by atoms with Gasteiger partial charge < -0.3 is 20.1 Å². The number of nitrogen functional groups attached to an aromatic ring is 1. The molecule has 1 aliphatic carbocycles. The molecule has 152 valence electrons. The molecule has 0 radical (unpaired) electrons. The predicted octanol–water partition coefficient (Wildman–Crippen LogP) is 4.36. The molecule has 0 aromatic heterocycles. The Morgan fingerprint density at radius 2 is 1.85 bits per heavy atom. The van der Waals surface area contributed by atoms with Crippen LogP contribution in [0.2, 0.25) is 0 Å². The second kappa shape index (κ2) is 9.98. The number of hydrogen-bond acceptors (Lipinski definition) is 5. The summed E-state index contributed by atoms with van der Waals surface area (Å²) >= 11 is 0. The van der Waals surface area contributed by atoms with E-state index in [4.69, 9.17) is 15.2 Å². The first kappa shape index (κ1) is 21.5. The normalized spacial score (nSPS) is 21.1. The molecule has 1 aliphatic rings. The first-order valence-corrected chi connectivity index (χ1v) is 10.1. The van der Waals surface area contributed by atoms with Gasteiger partial charge in [-0.15, -0.1) is 0 Å². The van der Waals surface area contributed by atoms with Crippen LogP contribution >= 0.6 is 0 Å². The molecule has 0 spiro atoms. The lowest BCUT2D eigenvalue weighted by atomic mass is 9.90. The molecular weight excluding hydrogens is 340 g/mol. The van der Waals surface area contributed by atoms with Crippen molar-refractivity contribution in [3.8, 4) is 0 Å². The number of esters is 1. The van der Waals surface area contributed by atoms with E-state index in [2.05, 4.69) is 30.9 Å². The van der Waals surface area contributed by atoms with Gasteiger partial charge in [0.05, 0.1) is 31.0 Å². The van der Waals surface area contributed by atoms with Crippen molar-refractivity contribution in [3.63, 3.8) is 0 Å². The minimum absolute atomic E-state index is 0.0875. The third-order valence-electron chi connectivity index (χ3n) is 5.61. The van der Waals surface area contributed by atoms with Gasteiger partial charge in [-0.2, -0.15) is 0 Å². The lowest BCUT2D eigenvalue weighted by Gasteiger charge is -2.39. The lowest BCUT2D eigenvalue weighted by molar-refractivity contribution is -0.140. The lowest BCUT2D eigenvalue weighted by Crippen LogP contribution is -2.42. The number of methoxy groups -OCH3 is 2. The molecule has 27 heavy (non-hydrogen) atoms. The van der Waals surface area contributed by atoms with E-state index in [0.29, 0.717) is 24.5 Å². The van der Waals surface area contributed by atoms with Crippen molar-refractivity contribution in [2.45, 2.75) is 70.9 Å². The third-order valence-corrected chi connectivity index (χ3v) is 5.61. The van der Waals surface area contributed by atoms with Crippen LogP contribution in [-0.2, 0) is 14.3 Å². The fourth-order valence-electron chi connectivity index (χ4n) is 4.02. The summed E-state index contributed by atoms with van der Waals surface area (Å²) in [5.41, 5.74) is 9.45. The number of anilines is 2. The van der Waals surface area contributed by atoms with Crippen molar-refractivity contribution in [2.75, 3.05) is 31.4 Å². The maximum absolute atomic E-state index is 11.6. The van der Waals surface area contributed by atoms with Crippen LogP contribution in [0.5, 0.6) is 0 Å². The van der Waals surface area contributed by atoms with Gasteiger partial charge in [-0.05, 0) is 55.2 Å². The molecule has 5 nitrogen and oxygen atoms in total. The zero-order chi connectivity index (χ0) is 20.0. The quantitative estimate of drug-likeness (QED) is 0.539. The van der Waals surface area contributed by atoms with E-state index in [1.807, 2.05) is 20.1 Å². The van der Waals surface area contributed by atoms with Crippen LogP contribution in [0.15, 0.2) is 18.2 Å². The van der Waals surface area contributed by atoms with Crippen LogP contribution in [0.1, 0.15) is 64.4 Å². The number of benzene rings is 1. The molecule has 2 N–H and O–H groups in total. The second-order valence-electron chi connectivity index (χ2n) is 8.21. The largest absolute Gasteiger partial charge is 0.469 e. The summed E-state index contributed by atoms with van der Waals surface area (Å²) in [6.45, 7) is 7.51. The Balaban J connectivity index is 2.19. The topological polar surface area (TPSA) is 64.8 Å². The van der Waals surface area contributed by atoms with Gasteiger partial charge in [0.1, 0.15) is 0 Å². The maximum Gasteiger partial charge on any atom is 0.306 e. The Bertz CT molecular complexity index is 610. The number of carbonyl (C=O) groups is 1. The monoisotopic (exact) mass is 376 g/mol. The molecular formula is C22H36N2O3. The number of hydrogen-bond donors (Lipinski definition) is 1. The van der Waals surface area contributed by atoms with Gasteiger partial charge in [-0.3, -0.25) is 4.79 Å². The van der Waals surface area contributed by atoms with Gasteiger partial charge in [0.2, 0.25) is 0 Å². The van der Waals surface area contributed by atoms with E-state index in [9.17, 15) is 4.79 Å². The average Bonchev–Trinajstić information content (AvgIpc) is 2.66. The Morgan fingerprint density at radius 3 is 2.37 bits per heavy atom. The van der Waals surface area contributed by atoms with Crippen LogP contribution in [0.4, 0.5) is 11.4 Å². The highest BCUT2D eigenvalue weighted by atomic mass is 16.5. The standard InChI is InChI=1S/C22H36N2O3/c1-15(2)14-24(18-7-9-19(26-4)10-8-18)21-11-6-17(13-20(21)23)16(3)12-22(25)27-5/h6,11,13,15-16,18-19H,7-10,12,14,23H2,1-5H3. The molecule has 0 amide bonds. The van der Waals surface area contributed by atoms with Crippen molar-refractivity contribution in [2.24, 2.45) is 5.92 Å². The Morgan fingerprint density at radius 1 is 1.19 bits per heavy atom. The third kappa shape index (κ3) is 5.86. The summed E-state index contributed by atoms with van der Waals surface area (Å²) in [7, 11) is 3.23. The summed E-state index contributed by atoms with van der Waals surface area (Å²) in [5.74, 6) is 0.452. The molecule has 2 rings (SSSR count). The van der Waals surface area contributed by atoms with Crippen molar-refractivity contribution in [3.05, 3.63) is 23.8 Å². The van der Waals surface area contributed by atoms with E-state index < -0.39 is 0 Å². The van der Waals surface area contributed by atoms with Gasteiger partial charge in [-0.25, -0.2) is 0 Å². The molecule has 0 heterocycles. The summed E-state index contributed by atoms with van der Waals surface area (Å²) < 4.78 is 10.3. The number of nitrogens with two attached hydrogens (primary N) is 1. The molecule has 0 aliphatic heterocycles. The Kier molecular flexibility index (Phi) is 7.96. The van der Waals surface area contributed by atoms with E-state index in [0.717, 1.165) is 49.2 Å². The fraction of sp³-hybridized carbons (Fsp3) is 0.682. The molecule has 1 aromatic rings. The van der Waals surface area contributed by atoms with E-state index >= 15 is 0 Å². The summed E-state index contributed by atoms with van der Waals surface area (Å²) in [6, 6.07) is 6.76. The highest BCUT2D eigenvalue weighted by Gasteiger charge is 2.27. The van der Waals surface area contributed by atoms with Crippen molar-refractivity contribution >= 4 is 17.3 Å². The van der Waals surface area contributed by atoms with Crippen molar-refractivity contribution in [1.82, 2.24) is 0 Å². The van der Waals surface area contributed by atoms with Crippen LogP contribution < -0.4 is 10.6 Å². The predicted molar refractivity (Wildman–Crippen MR) is 111 cm³/mol. The number of carbonyl (C=O) groups excluding carboxylic acids is 1. The molecule has 1 fully saturated rings. The van der Waals surface area contributed by atoms with Gasteiger partial charge in [-0.1, -0.05) is 26.8 Å². The second-order valence-corrected chi connectivity index (χ2v) is 8.21. The molecule has 1 aromatic carbocycles. The smallest absolute Gasteiger partial charge is 0.306 e. The summed E-state index contributed by atoms with van der Waals surface area (Å²) in [6.07, 6.45) is 5.22. The van der Waals surface area contributed by atoms with E-state index in [-0.39, 0.29) is 11.9 Å². The van der Waals surface area contributed by atoms with Crippen molar-refractivity contribution < 1.29 is 14.3 Å². The zero-order valence-corrected chi connectivity index (χ0v) is 17.5. The molecule has 1 atom stereocenters. The van der Waals surface area contributed by atoms with Crippen molar-refractivity contribution in [1.29, 1.82) is 0 Å². The van der Waals surface area contributed by atoms with Gasteiger partial charge in [0, 0.05) is 19.7 Å². The molecule has 1 unspecified atom stereocenters. The van der Waals surface area contributed by atoms with Crippen LogP contribution in [0.25, 0.3) is 0 Å². The van der Waals surface area contributed by atoms with Crippen LogP contribution in [0.3, 0.4) is 0 Å². The number of ether oxygens (including phenoxy) is 2. The first-order valence-electron chi connectivity index (χ1n) is 10.1. The maximum atomic E-state index is 11.6. The van der Waals surface area contributed by atoms with Crippen LogP contribution in [-0.4, -0.2) is 38.9 Å². The van der Waals surface area contributed by atoms with E-state index in [1.54, 1.807) is 0 Å². The molecule has 5 heteroatoms. The Labute approximate surface area is 164 Å². The van der Waals surface area contributed by atoms with Gasteiger partial charge >= 0.3 is 5.97 Å². The minimum Gasteiger partial charge on any atom is -0.469 e. The molecule has 0 saturated heterocycles. The highest BCUT2D eigenvalue weighted by molar-refractivity contribution is 5.72. The number of nitrogens with zero attached hydrogens (tertiary/aromatic N) is 1. The highest BCUT2D eigenvalue weighted by Crippen LogP contribution is 2.34. The molecule has 0 bridgehead atoms. The summed E-state index contributed by atoms with van der Waals surface area (Å²) in [5, 5.41) is 0. The Hall–Kier alpha value is -1.75. The van der Waals surface area contributed by atoms with Crippen LogP contribution in [0, 0.1) is 5.92 Å². The first-order chi connectivity index (χ1) is 12.8. The minimum atomic E-state index is -0.193. The SMILES string of the molecule is COC(=O)CC(C)c1ccc(N(CC(C)C)C2CCC(OC)CC2)c(N)c1. The van der Waals surface area contributed by atoms with Gasteiger partial charge in [0.25, 0.3) is 0 Å². The molecule has 1 saturated carbocycles. The van der Waals surface area contributed by atoms with E-state index in [1.165, 1.54) is 7.11 Å². The zero-order valence-electron chi connectivity index (χ0n) is 17.5. The fourth-order valence-corrected chi connectivity index (χ4v) is 4.02. The average molecular weight is 377 g/mol. The number of rotatable bonds is 8. The summed E-state index contributed by atoms with van der Waals surface area (Å²) in [4.78, 5) is 14.0. The van der Waals surface area contributed by atoms with Gasteiger partial charge in [0.15, 0.2) is 0 Å².